The van der Waals surface area contributed by atoms with Gasteiger partial charge in [-0.2, -0.15) is 0 Å². The molecule has 6 heteroatoms. The summed E-state index contributed by atoms with van der Waals surface area (Å²) < 4.78 is 5.09. The van der Waals surface area contributed by atoms with E-state index >= 15 is 0 Å². The summed E-state index contributed by atoms with van der Waals surface area (Å²) in [6.07, 6.45) is -0.330. The van der Waals surface area contributed by atoms with E-state index in [1.54, 1.807) is 45.0 Å². The first kappa shape index (κ1) is 17.3. The molecule has 0 aliphatic carbocycles. The van der Waals surface area contributed by atoms with E-state index in [4.69, 9.17) is 16.3 Å². The van der Waals surface area contributed by atoms with Crippen molar-refractivity contribution in [2.45, 2.75) is 38.7 Å². The van der Waals surface area contributed by atoms with Gasteiger partial charge >= 0.3 is 12.1 Å². The molecule has 1 amide bonds. The first-order valence-corrected chi connectivity index (χ1v) is 7.02. The van der Waals surface area contributed by atoms with Gasteiger partial charge in [0, 0.05) is 11.6 Å². The van der Waals surface area contributed by atoms with E-state index in [1.807, 2.05) is 0 Å². The monoisotopic (exact) mass is 313 g/mol. The van der Waals surface area contributed by atoms with Gasteiger partial charge in [-0.15, -0.1) is 0 Å². The number of alkyl carbamates (subject to hydrolysis) is 1. The number of rotatable bonds is 5. The Kier molecular flexibility index (Phi) is 6.03. The average molecular weight is 314 g/mol. The molecule has 0 bridgehead atoms. The number of amides is 1. The number of ether oxygens (including phenoxy) is 1. The molecule has 21 heavy (non-hydrogen) atoms. The smallest absolute Gasteiger partial charge is 0.407 e. The van der Waals surface area contributed by atoms with E-state index in [-0.39, 0.29) is 13.0 Å². The molecule has 5 nitrogen and oxygen atoms in total. The standard InChI is InChI=1S/C15H20ClNO4/c1-15(2,3)21-14(20)17-9-8-11(13(18)19)10-6-4-5-7-12(10)16/h4-7,11H,8-9H2,1-3H3,(H,17,20)(H,18,19). The molecule has 2 N–H and O–H groups in total. The number of hydrogen-bond acceptors (Lipinski definition) is 3. The average Bonchev–Trinajstić information content (AvgIpc) is 2.33. The van der Waals surface area contributed by atoms with Crippen molar-refractivity contribution in [2.24, 2.45) is 0 Å². The summed E-state index contributed by atoms with van der Waals surface area (Å²) in [5.74, 6) is -1.75. The summed E-state index contributed by atoms with van der Waals surface area (Å²) in [4.78, 5) is 22.9. The van der Waals surface area contributed by atoms with Crippen molar-refractivity contribution in [1.29, 1.82) is 0 Å². The van der Waals surface area contributed by atoms with Gasteiger partial charge in [-0.1, -0.05) is 29.8 Å². The van der Waals surface area contributed by atoms with E-state index < -0.39 is 23.6 Å². The van der Waals surface area contributed by atoms with Gasteiger partial charge in [0.25, 0.3) is 0 Å². The van der Waals surface area contributed by atoms with Crippen LogP contribution >= 0.6 is 11.6 Å². The van der Waals surface area contributed by atoms with Gasteiger partial charge in [0.1, 0.15) is 5.60 Å². The van der Waals surface area contributed by atoms with Crippen molar-refractivity contribution in [2.75, 3.05) is 6.54 Å². The summed E-state index contributed by atoms with van der Waals surface area (Å²) in [6, 6.07) is 6.80. The Bertz CT molecular complexity index is 511. The number of carboxylic acids is 1. The van der Waals surface area contributed by atoms with Gasteiger partial charge in [0.15, 0.2) is 0 Å². The zero-order valence-electron chi connectivity index (χ0n) is 12.4. The zero-order chi connectivity index (χ0) is 16.0. The topological polar surface area (TPSA) is 75.6 Å². The minimum atomic E-state index is -0.978. The molecule has 1 rings (SSSR count). The van der Waals surface area contributed by atoms with E-state index in [9.17, 15) is 14.7 Å². The lowest BCUT2D eigenvalue weighted by molar-refractivity contribution is -0.139. The molecule has 0 fully saturated rings. The molecule has 0 aliphatic rings. The summed E-state index contributed by atoms with van der Waals surface area (Å²) >= 11 is 6.02. The number of aliphatic carboxylic acids is 1. The van der Waals surface area contributed by atoms with Crippen molar-refractivity contribution in [3.63, 3.8) is 0 Å². The van der Waals surface area contributed by atoms with Gasteiger partial charge in [-0.3, -0.25) is 4.79 Å². The molecule has 1 aromatic carbocycles. The van der Waals surface area contributed by atoms with Gasteiger partial charge in [-0.25, -0.2) is 4.79 Å². The Labute approximate surface area is 129 Å². The van der Waals surface area contributed by atoms with E-state index in [2.05, 4.69) is 5.32 Å². The summed E-state index contributed by atoms with van der Waals surface area (Å²) in [6.45, 7) is 5.47. The third-order valence-electron chi connectivity index (χ3n) is 2.68. The summed E-state index contributed by atoms with van der Waals surface area (Å²) in [5, 5.41) is 12.3. The van der Waals surface area contributed by atoms with Crippen LogP contribution in [0, 0.1) is 0 Å². The normalized spacial score (nSPS) is 12.6. The maximum absolute atomic E-state index is 11.5. The number of halogens is 1. The quantitative estimate of drug-likeness (QED) is 0.873. The van der Waals surface area contributed by atoms with Crippen molar-refractivity contribution in [1.82, 2.24) is 5.32 Å². The maximum Gasteiger partial charge on any atom is 0.407 e. The van der Waals surface area contributed by atoms with Crippen molar-refractivity contribution >= 4 is 23.7 Å². The Morgan fingerprint density at radius 3 is 2.48 bits per heavy atom. The second-order valence-electron chi connectivity index (χ2n) is 5.63. The number of nitrogens with one attached hydrogen (secondary N) is 1. The number of benzene rings is 1. The molecule has 0 aromatic heterocycles. The van der Waals surface area contributed by atoms with Crippen LogP contribution in [0.4, 0.5) is 4.79 Å². The lowest BCUT2D eigenvalue weighted by Gasteiger charge is -2.20. The summed E-state index contributed by atoms with van der Waals surface area (Å²) in [7, 11) is 0. The fourth-order valence-electron chi connectivity index (χ4n) is 1.80. The molecule has 0 aliphatic heterocycles. The van der Waals surface area contributed by atoms with Crippen molar-refractivity contribution < 1.29 is 19.4 Å². The van der Waals surface area contributed by atoms with Crippen LogP contribution in [-0.2, 0) is 9.53 Å². The van der Waals surface area contributed by atoms with Gasteiger partial charge < -0.3 is 15.2 Å². The minimum absolute atomic E-state index is 0.192. The van der Waals surface area contributed by atoms with Crippen LogP contribution in [0.3, 0.4) is 0 Å². The number of hydrogen-bond donors (Lipinski definition) is 2. The molecule has 116 valence electrons. The molecule has 0 saturated heterocycles. The molecule has 0 heterocycles. The maximum atomic E-state index is 11.5. The SMILES string of the molecule is CC(C)(C)OC(=O)NCCC(C(=O)O)c1ccccc1Cl. The fraction of sp³-hybridized carbons (Fsp3) is 0.467. The third-order valence-corrected chi connectivity index (χ3v) is 3.02. The Morgan fingerprint density at radius 2 is 1.95 bits per heavy atom. The van der Waals surface area contributed by atoms with Gasteiger partial charge in [0.2, 0.25) is 0 Å². The van der Waals surface area contributed by atoms with Crippen molar-refractivity contribution in [3.8, 4) is 0 Å². The second kappa shape index (κ2) is 7.31. The Balaban J connectivity index is 2.60. The molecule has 1 aromatic rings. The lowest BCUT2D eigenvalue weighted by atomic mass is 9.96. The fourth-order valence-corrected chi connectivity index (χ4v) is 2.07. The highest BCUT2D eigenvalue weighted by Crippen LogP contribution is 2.27. The van der Waals surface area contributed by atoms with Crippen LogP contribution in [0.15, 0.2) is 24.3 Å². The van der Waals surface area contributed by atoms with E-state index in [0.717, 1.165) is 0 Å². The van der Waals surface area contributed by atoms with Crippen molar-refractivity contribution in [3.05, 3.63) is 34.9 Å². The highest BCUT2D eigenvalue weighted by Gasteiger charge is 2.22. The number of carbonyl (C=O) groups is 2. The van der Waals surface area contributed by atoms with Crippen LogP contribution in [0.5, 0.6) is 0 Å². The van der Waals surface area contributed by atoms with Crippen LogP contribution < -0.4 is 5.32 Å². The first-order chi connectivity index (χ1) is 9.70. The predicted octanol–water partition coefficient (Wildman–Crippen LogP) is 3.42. The van der Waals surface area contributed by atoms with Crippen LogP contribution in [-0.4, -0.2) is 29.3 Å². The van der Waals surface area contributed by atoms with E-state index in [1.165, 1.54) is 0 Å². The van der Waals surface area contributed by atoms with Crippen LogP contribution in [0.25, 0.3) is 0 Å². The number of carboxylic acid groups (broad SMARTS) is 1. The lowest BCUT2D eigenvalue weighted by Crippen LogP contribution is -2.33. The second-order valence-corrected chi connectivity index (χ2v) is 6.04. The molecule has 0 spiro atoms. The highest BCUT2D eigenvalue weighted by atomic mass is 35.5. The highest BCUT2D eigenvalue weighted by molar-refractivity contribution is 6.31. The van der Waals surface area contributed by atoms with E-state index in [0.29, 0.717) is 10.6 Å². The van der Waals surface area contributed by atoms with Crippen LogP contribution in [0.1, 0.15) is 38.7 Å². The molecular weight excluding hydrogens is 294 g/mol. The third kappa shape index (κ3) is 6.04. The first-order valence-electron chi connectivity index (χ1n) is 6.65. The molecule has 1 atom stereocenters. The molecule has 0 radical (unpaired) electrons. The largest absolute Gasteiger partial charge is 0.481 e. The Hall–Kier alpha value is -1.75. The predicted molar refractivity (Wildman–Crippen MR) is 80.7 cm³/mol. The zero-order valence-corrected chi connectivity index (χ0v) is 13.1. The molecule has 1 unspecified atom stereocenters. The van der Waals surface area contributed by atoms with Gasteiger partial charge in [0.05, 0.1) is 5.92 Å². The van der Waals surface area contributed by atoms with Crippen LogP contribution in [0.2, 0.25) is 5.02 Å². The molecule has 0 saturated carbocycles. The summed E-state index contributed by atoms with van der Waals surface area (Å²) in [5.41, 5.74) is -0.0448. The molecular formula is C15H20ClNO4. The Morgan fingerprint density at radius 1 is 1.33 bits per heavy atom. The minimum Gasteiger partial charge on any atom is -0.481 e. The van der Waals surface area contributed by atoms with Gasteiger partial charge in [-0.05, 0) is 38.8 Å². The number of carbonyl (C=O) groups excluding carboxylic acids is 1.